The van der Waals surface area contributed by atoms with Crippen molar-refractivity contribution in [3.8, 4) is 0 Å². The Balaban J connectivity index is 0.00000288. The van der Waals surface area contributed by atoms with Crippen molar-refractivity contribution >= 4 is 52.2 Å². The van der Waals surface area contributed by atoms with E-state index in [0.29, 0.717) is 19.1 Å². The van der Waals surface area contributed by atoms with E-state index in [-0.39, 0.29) is 29.9 Å². The number of aliphatic imine (C=N–C) groups is 1. The summed E-state index contributed by atoms with van der Waals surface area (Å²) in [5.74, 6) is 0.825. The van der Waals surface area contributed by atoms with Crippen LogP contribution in [0.15, 0.2) is 22.5 Å². The average molecular weight is 465 g/mol. The molecule has 2 heterocycles. The second-order valence-corrected chi connectivity index (χ2v) is 6.53. The number of hydrogen-bond donors (Lipinski definition) is 3. The number of nitrogens with zero attached hydrogens (tertiary/aromatic N) is 2. The minimum absolute atomic E-state index is 0. The number of thiophene rings is 1. The first-order valence-corrected chi connectivity index (χ1v) is 9.14. The van der Waals surface area contributed by atoms with Gasteiger partial charge in [-0.2, -0.15) is 0 Å². The Morgan fingerprint density at radius 1 is 1.38 bits per heavy atom. The smallest absolute Gasteiger partial charge is 0.216 e. The van der Waals surface area contributed by atoms with Crippen LogP contribution in [0.2, 0.25) is 0 Å². The molecule has 0 atom stereocenters. The standard InChI is InChI=1S/C16H27N5OS.HI/c1-3-17-16(19-9-8-18-13(2)22)20-14-6-10-21(11-7-14)15-5-4-12-23-15;/h4-5,12,14H,3,6-11H2,1-2H3,(H,18,22)(H2,17,19,20);1H. The SMILES string of the molecule is CCNC(=NCCNC(C)=O)NC1CCN(c2cccs2)CC1.I. The quantitative estimate of drug-likeness (QED) is 0.260. The summed E-state index contributed by atoms with van der Waals surface area (Å²) in [7, 11) is 0. The molecule has 8 heteroatoms. The molecule has 0 radical (unpaired) electrons. The van der Waals surface area contributed by atoms with Crippen molar-refractivity contribution in [1.82, 2.24) is 16.0 Å². The predicted octanol–water partition coefficient (Wildman–Crippen LogP) is 2.03. The number of hydrogen-bond acceptors (Lipinski definition) is 4. The minimum Gasteiger partial charge on any atom is -0.363 e. The van der Waals surface area contributed by atoms with Crippen LogP contribution in [0.3, 0.4) is 0 Å². The molecule has 0 aliphatic carbocycles. The summed E-state index contributed by atoms with van der Waals surface area (Å²) < 4.78 is 0. The molecule has 136 valence electrons. The highest BCUT2D eigenvalue weighted by atomic mass is 127. The van der Waals surface area contributed by atoms with Gasteiger partial charge in [0.15, 0.2) is 5.96 Å². The summed E-state index contributed by atoms with van der Waals surface area (Å²) in [5, 5.41) is 13.0. The van der Waals surface area contributed by atoms with Crippen molar-refractivity contribution in [2.75, 3.05) is 37.6 Å². The molecule has 0 saturated carbocycles. The van der Waals surface area contributed by atoms with Gasteiger partial charge in [0.2, 0.25) is 5.91 Å². The number of carbonyl (C=O) groups is 1. The Morgan fingerprint density at radius 3 is 2.71 bits per heavy atom. The Kier molecular flexibility index (Phi) is 10.1. The van der Waals surface area contributed by atoms with E-state index in [0.717, 1.165) is 38.4 Å². The van der Waals surface area contributed by atoms with Crippen LogP contribution in [0.4, 0.5) is 5.00 Å². The Bertz CT molecular complexity index is 501. The van der Waals surface area contributed by atoms with Crippen molar-refractivity contribution in [2.24, 2.45) is 4.99 Å². The van der Waals surface area contributed by atoms with Crippen LogP contribution in [0.1, 0.15) is 26.7 Å². The van der Waals surface area contributed by atoms with Gasteiger partial charge in [-0.05, 0) is 37.3 Å². The third-order valence-electron chi connectivity index (χ3n) is 3.75. The number of guanidine groups is 1. The van der Waals surface area contributed by atoms with E-state index in [4.69, 9.17) is 0 Å². The Morgan fingerprint density at radius 2 is 2.12 bits per heavy atom. The van der Waals surface area contributed by atoms with Crippen LogP contribution in [-0.2, 0) is 4.79 Å². The lowest BCUT2D eigenvalue weighted by atomic mass is 10.1. The fourth-order valence-electron chi connectivity index (χ4n) is 2.61. The fourth-order valence-corrected chi connectivity index (χ4v) is 3.39. The molecule has 1 fully saturated rings. The van der Waals surface area contributed by atoms with Crippen LogP contribution in [0.5, 0.6) is 0 Å². The molecule has 6 nitrogen and oxygen atoms in total. The topological polar surface area (TPSA) is 68.8 Å². The summed E-state index contributed by atoms with van der Waals surface area (Å²) in [6, 6.07) is 4.74. The zero-order valence-corrected chi connectivity index (χ0v) is 17.5. The zero-order valence-electron chi connectivity index (χ0n) is 14.4. The Labute approximate surface area is 165 Å². The molecule has 1 saturated heterocycles. The first-order chi connectivity index (χ1) is 11.2. The average Bonchev–Trinajstić information content (AvgIpc) is 3.06. The van der Waals surface area contributed by atoms with E-state index >= 15 is 0 Å². The monoisotopic (exact) mass is 465 g/mol. The lowest BCUT2D eigenvalue weighted by molar-refractivity contribution is -0.118. The van der Waals surface area contributed by atoms with Gasteiger partial charge in [-0.25, -0.2) is 0 Å². The summed E-state index contributed by atoms with van der Waals surface area (Å²) >= 11 is 1.80. The summed E-state index contributed by atoms with van der Waals surface area (Å²) in [6.45, 7) is 7.72. The van der Waals surface area contributed by atoms with E-state index in [2.05, 4.69) is 50.3 Å². The van der Waals surface area contributed by atoms with Gasteiger partial charge in [-0.1, -0.05) is 0 Å². The zero-order chi connectivity index (χ0) is 16.5. The van der Waals surface area contributed by atoms with Gasteiger partial charge in [-0.15, -0.1) is 35.3 Å². The van der Waals surface area contributed by atoms with Gasteiger partial charge in [0, 0.05) is 39.1 Å². The number of piperidine rings is 1. The second kappa shape index (κ2) is 11.5. The highest BCUT2D eigenvalue weighted by molar-refractivity contribution is 14.0. The van der Waals surface area contributed by atoms with E-state index in [1.807, 2.05) is 0 Å². The minimum atomic E-state index is -0.0147. The van der Waals surface area contributed by atoms with Crippen LogP contribution in [0, 0.1) is 0 Å². The van der Waals surface area contributed by atoms with Gasteiger partial charge in [0.25, 0.3) is 0 Å². The molecule has 1 aromatic rings. The van der Waals surface area contributed by atoms with Gasteiger partial charge in [0.05, 0.1) is 11.5 Å². The van der Waals surface area contributed by atoms with Crippen molar-refractivity contribution < 1.29 is 4.79 Å². The lowest BCUT2D eigenvalue weighted by Crippen LogP contribution is -2.48. The van der Waals surface area contributed by atoms with Gasteiger partial charge in [-0.3, -0.25) is 9.79 Å². The van der Waals surface area contributed by atoms with E-state index in [1.54, 1.807) is 11.3 Å². The molecular formula is C16H28IN5OS. The third-order valence-corrected chi connectivity index (χ3v) is 4.68. The van der Waals surface area contributed by atoms with Crippen LogP contribution >= 0.6 is 35.3 Å². The van der Waals surface area contributed by atoms with E-state index < -0.39 is 0 Å². The predicted molar refractivity (Wildman–Crippen MR) is 113 cm³/mol. The summed E-state index contributed by atoms with van der Waals surface area (Å²) in [4.78, 5) is 17.8. The van der Waals surface area contributed by atoms with E-state index in [1.165, 1.54) is 11.9 Å². The molecule has 0 unspecified atom stereocenters. The molecule has 3 N–H and O–H groups in total. The van der Waals surface area contributed by atoms with Crippen molar-refractivity contribution in [3.63, 3.8) is 0 Å². The Hall–Kier alpha value is -1.03. The highest BCUT2D eigenvalue weighted by Crippen LogP contribution is 2.24. The summed E-state index contributed by atoms with van der Waals surface area (Å²) in [5.41, 5.74) is 0. The second-order valence-electron chi connectivity index (χ2n) is 5.60. The van der Waals surface area contributed by atoms with Crippen LogP contribution < -0.4 is 20.9 Å². The normalized spacial score (nSPS) is 15.6. The number of carbonyl (C=O) groups excluding carboxylic acids is 1. The molecule has 1 aromatic heterocycles. The molecule has 24 heavy (non-hydrogen) atoms. The van der Waals surface area contributed by atoms with Crippen LogP contribution in [-0.4, -0.2) is 50.6 Å². The first kappa shape index (κ1) is 21.0. The fraction of sp³-hybridized carbons (Fsp3) is 0.625. The molecule has 1 amide bonds. The van der Waals surface area contributed by atoms with E-state index in [9.17, 15) is 4.79 Å². The third kappa shape index (κ3) is 7.25. The maximum atomic E-state index is 10.9. The maximum Gasteiger partial charge on any atom is 0.216 e. The molecule has 1 aliphatic rings. The van der Waals surface area contributed by atoms with Gasteiger partial charge >= 0.3 is 0 Å². The molecule has 0 aromatic carbocycles. The summed E-state index contributed by atoms with van der Waals surface area (Å²) in [6.07, 6.45) is 2.21. The highest BCUT2D eigenvalue weighted by Gasteiger charge is 2.20. The molecule has 2 rings (SSSR count). The van der Waals surface area contributed by atoms with Gasteiger partial charge < -0.3 is 20.9 Å². The maximum absolute atomic E-state index is 10.9. The molecule has 1 aliphatic heterocycles. The van der Waals surface area contributed by atoms with Crippen molar-refractivity contribution in [1.29, 1.82) is 0 Å². The number of nitrogens with one attached hydrogen (secondary N) is 3. The van der Waals surface area contributed by atoms with Crippen molar-refractivity contribution in [3.05, 3.63) is 17.5 Å². The number of anilines is 1. The molecule has 0 bridgehead atoms. The number of rotatable bonds is 6. The lowest BCUT2D eigenvalue weighted by Gasteiger charge is -2.33. The number of amides is 1. The molecule has 0 spiro atoms. The molecular weight excluding hydrogens is 437 g/mol. The largest absolute Gasteiger partial charge is 0.363 e. The van der Waals surface area contributed by atoms with Gasteiger partial charge in [0.1, 0.15) is 0 Å². The first-order valence-electron chi connectivity index (χ1n) is 8.26. The van der Waals surface area contributed by atoms with Crippen molar-refractivity contribution in [2.45, 2.75) is 32.7 Å². The van der Waals surface area contributed by atoms with Crippen LogP contribution in [0.25, 0.3) is 0 Å². The number of halogens is 1.